The van der Waals surface area contributed by atoms with Gasteiger partial charge in [-0.1, -0.05) is 19.1 Å². The molecule has 0 N–H and O–H groups in total. The van der Waals surface area contributed by atoms with Gasteiger partial charge in [-0.25, -0.2) is 4.39 Å². The van der Waals surface area contributed by atoms with Crippen molar-refractivity contribution in [3.63, 3.8) is 0 Å². The van der Waals surface area contributed by atoms with Crippen molar-refractivity contribution in [2.24, 2.45) is 0 Å². The lowest BCUT2D eigenvalue weighted by Crippen LogP contribution is -1.85. The van der Waals surface area contributed by atoms with Crippen LogP contribution in [0.25, 0.3) is 0 Å². The fourth-order valence-electron chi connectivity index (χ4n) is 0.811. The summed E-state index contributed by atoms with van der Waals surface area (Å²) in [7, 11) is 0. The smallest absolute Gasteiger partial charge is 0.126 e. The van der Waals surface area contributed by atoms with E-state index >= 15 is 0 Å². The molecule has 0 atom stereocenters. The highest BCUT2D eigenvalue weighted by Crippen LogP contribution is 2.08. The third kappa shape index (κ3) is 1.35. The minimum absolute atomic E-state index is 0.209. The summed E-state index contributed by atoms with van der Waals surface area (Å²) in [4.78, 5) is 0. The molecule has 0 unspecified atom stereocenters. The third-order valence-electron chi connectivity index (χ3n) is 1.53. The normalized spacial score (nSPS) is 9.90. The summed E-state index contributed by atoms with van der Waals surface area (Å²) in [5, 5.41) is 0. The van der Waals surface area contributed by atoms with Crippen LogP contribution >= 0.6 is 0 Å². The lowest BCUT2D eigenvalue weighted by molar-refractivity contribution is 0.620. The van der Waals surface area contributed by atoms with Gasteiger partial charge >= 0.3 is 0 Å². The first-order valence-electron chi connectivity index (χ1n) is 3.34. The van der Waals surface area contributed by atoms with E-state index in [0.717, 1.165) is 12.0 Å². The Morgan fingerprint density at radius 1 is 1.50 bits per heavy atom. The Labute approximate surface area is 60.7 Å². The van der Waals surface area contributed by atoms with Crippen LogP contribution in [0.1, 0.15) is 18.1 Å². The van der Waals surface area contributed by atoms with E-state index in [2.05, 4.69) is 6.92 Å². The summed E-state index contributed by atoms with van der Waals surface area (Å²) in [6.07, 6.45) is 0.872. The molecule has 0 fully saturated rings. The van der Waals surface area contributed by atoms with Crippen LogP contribution in [-0.2, 0) is 6.42 Å². The van der Waals surface area contributed by atoms with Crippen molar-refractivity contribution in [3.8, 4) is 0 Å². The quantitative estimate of drug-likeness (QED) is 0.558. The Hall–Kier alpha value is -0.850. The molecular formula is C9H10F. The van der Waals surface area contributed by atoms with Crippen molar-refractivity contribution in [1.82, 2.24) is 0 Å². The van der Waals surface area contributed by atoms with Gasteiger partial charge in [-0.3, -0.25) is 0 Å². The van der Waals surface area contributed by atoms with E-state index in [1.54, 1.807) is 6.07 Å². The molecular weight excluding hydrogens is 127 g/mol. The number of rotatable bonds is 1. The molecule has 0 bridgehead atoms. The zero-order chi connectivity index (χ0) is 7.56. The molecule has 0 saturated heterocycles. The predicted octanol–water partition coefficient (Wildman–Crippen LogP) is 2.57. The lowest BCUT2D eigenvalue weighted by Gasteiger charge is -1.97. The monoisotopic (exact) mass is 137 g/mol. The summed E-state index contributed by atoms with van der Waals surface area (Å²) >= 11 is 0. The first kappa shape index (κ1) is 7.26. The molecule has 10 heavy (non-hydrogen) atoms. The maximum Gasteiger partial charge on any atom is 0.126 e. The zero-order valence-electron chi connectivity index (χ0n) is 6.02. The van der Waals surface area contributed by atoms with Crippen molar-refractivity contribution in [2.75, 3.05) is 0 Å². The first-order valence-corrected chi connectivity index (χ1v) is 3.34. The molecule has 0 heterocycles. The van der Waals surface area contributed by atoms with Crippen molar-refractivity contribution >= 4 is 0 Å². The fraction of sp³-hybridized carbons (Fsp3) is 0.222. The second kappa shape index (κ2) is 2.82. The maximum atomic E-state index is 12.7. The molecule has 1 rings (SSSR count). The molecule has 1 aromatic carbocycles. The summed E-state index contributed by atoms with van der Waals surface area (Å²) < 4.78 is 12.7. The molecule has 0 spiro atoms. The average molecular weight is 137 g/mol. The molecule has 0 aromatic heterocycles. The number of halogens is 1. The highest BCUT2D eigenvalue weighted by Gasteiger charge is 1.95. The van der Waals surface area contributed by atoms with E-state index in [1.165, 1.54) is 6.07 Å². The minimum Gasteiger partial charge on any atom is -0.207 e. The summed E-state index contributed by atoms with van der Waals surface area (Å²) in [6, 6.07) is 5.13. The number of hydrogen-bond donors (Lipinski definition) is 0. The fourth-order valence-corrected chi connectivity index (χ4v) is 0.811. The van der Waals surface area contributed by atoms with Crippen molar-refractivity contribution in [2.45, 2.75) is 13.3 Å². The van der Waals surface area contributed by atoms with E-state index in [-0.39, 0.29) is 5.82 Å². The van der Waals surface area contributed by atoms with E-state index < -0.39 is 0 Å². The Kier molecular flexibility index (Phi) is 2.05. The standard InChI is InChI=1S/C9H10F/c1-3-8-5-4-7(2)9(10)6-8/h4-6H,2-3H2,1H3. The lowest BCUT2D eigenvalue weighted by atomic mass is 10.1. The van der Waals surface area contributed by atoms with Crippen LogP contribution < -0.4 is 0 Å². The van der Waals surface area contributed by atoms with Crippen molar-refractivity contribution < 1.29 is 4.39 Å². The Morgan fingerprint density at radius 3 is 2.70 bits per heavy atom. The molecule has 1 aromatic rings. The SMILES string of the molecule is [CH2]c1ccc(CC)cc1F. The van der Waals surface area contributed by atoms with Crippen molar-refractivity contribution in [3.05, 3.63) is 42.1 Å². The average Bonchev–Trinajstić information content (AvgIpc) is 1.95. The van der Waals surface area contributed by atoms with E-state index in [1.807, 2.05) is 13.0 Å². The van der Waals surface area contributed by atoms with E-state index in [0.29, 0.717) is 5.56 Å². The maximum absolute atomic E-state index is 12.7. The van der Waals surface area contributed by atoms with E-state index in [9.17, 15) is 4.39 Å². The molecule has 1 heteroatoms. The summed E-state index contributed by atoms with van der Waals surface area (Å²) in [5.41, 5.74) is 1.49. The van der Waals surface area contributed by atoms with Gasteiger partial charge < -0.3 is 0 Å². The van der Waals surface area contributed by atoms with Gasteiger partial charge in [0.25, 0.3) is 0 Å². The van der Waals surface area contributed by atoms with Crippen LogP contribution in [0.2, 0.25) is 0 Å². The van der Waals surface area contributed by atoms with Crippen LogP contribution in [0.15, 0.2) is 18.2 Å². The first-order chi connectivity index (χ1) is 4.74. The second-order valence-electron chi connectivity index (χ2n) is 2.28. The summed E-state index contributed by atoms with van der Waals surface area (Å²) in [5.74, 6) is -0.209. The van der Waals surface area contributed by atoms with Gasteiger partial charge in [0, 0.05) is 0 Å². The van der Waals surface area contributed by atoms with Crippen LogP contribution in [0.3, 0.4) is 0 Å². The Bertz CT molecular complexity index is 228. The third-order valence-corrected chi connectivity index (χ3v) is 1.53. The number of benzene rings is 1. The van der Waals surface area contributed by atoms with Crippen molar-refractivity contribution in [1.29, 1.82) is 0 Å². The number of aryl methyl sites for hydroxylation is 1. The highest BCUT2D eigenvalue weighted by atomic mass is 19.1. The summed E-state index contributed by atoms with van der Waals surface area (Å²) in [6.45, 7) is 5.52. The minimum atomic E-state index is -0.209. The molecule has 0 saturated carbocycles. The largest absolute Gasteiger partial charge is 0.207 e. The molecule has 53 valence electrons. The molecule has 0 aliphatic heterocycles. The van der Waals surface area contributed by atoms with Crippen LogP contribution in [-0.4, -0.2) is 0 Å². The van der Waals surface area contributed by atoms with Gasteiger partial charge in [-0.15, -0.1) is 0 Å². The zero-order valence-corrected chi connectivity index (χ0v) is 6.02. The second-order valence-corrected chi connectivity index (χ2v) is 2.28. The van der Waals surface area contributed by atoms with Crippen LogP contribution in [0.4, 0.5) is 4.39 Å². The van der Waals surface area contributed by atoms with Gasteiger partial charge in [0.1, 0.15) is 5.82 Å². The molecule has 1 radical (unpaired) electrons. The predicted molar refractivity (Wildman–Crippen MR) is 40.2 cm³/mol. The van der Waals surface area contributed by atoms with Crippen LogP contribution in [0, 0.1) is 12.7 Å². The van der Waals surface area contributed by atoms with Gasteiger partial charge in [-0.2, -0.15) is 0 Å². The molecule has 0 aliphatic rings. The van der Waals surface area contributed by atoms with Crippen LogP contribution in [0.5, 0.6) is 0 Å². The highest BCUT2D eigenvalue weighted by molar-refractivity contribution is 5.25. The van der Waals surface area contributed by atoms with Gasteiger partial charge in [-0.05, 0) is 30.5 Å². The van der Waals surface area contributed by atoms with Gasteiger partial charge in [0.2, 0.25) is 0 Å². The molecule has 0 aliphatic carbocycles. The van der Waals surface area contributed by atoms with E-state index in [4.69, 9.17) is 0 Å². The van der Waals surface area contributed by atoms with Gasteiger partial charge in [0.15, 0.2) is 0 Å². The molecule has 0 amide bonds. The Balaban J connectivity index is 3.04. The number of hydrogen-bond acceptors (Lipinski definition) is 0. The van der Waals surface area contributed by atoms with Gasteiger partial charge in [0.05, 0.1) is 0 Å². The topological polar surface area (TPSA) is 0 Å². The molecule has 0 nitrogen and oxygen atoms in total. The Morgan fingerprint density at radius 2 is 2.20 bits per heavy atom.